The van der Waals surface area contributed by atoms with Crippen molar-refractivity contribution in [2.75, 3.05) is 11.4 Å². The molecule has 0 unspecified atom stereocenters. The Kier molecular flexibility index (Phi) is 6.02. The van der Waals surface area contributed by atoms with Crippen LogP contribution < -0.4 is 15.0 Å². The minimum Gasteiger partial charge on any atom is -0.491 e. The molecule has 3 rings (SSSR count). The normalized spacial score (nSPS) is 16.5. The van der Waals surface area contributed by atoms with Crippen molar-refractivity contribution in [1.29, 1.82) is 0 Å². The fourth-order valence-corrected chi connectivity index (χ4v) is 3.44. The van der Waals surface area contributed by atoms with Crippen LogP contribution in [-0.2, 0) is 16.1 Å². The van der Waals surface area contributed by atoms with Gasteiger partial charge < -0.3 is 15.0 Å². The predicted octanol–water partition coefficient (Wildman–Crippen LogP) is 3.76. The molecule has 5 nitrogen and oxygen atoms in total. The number of aryl methyl sites for hydroxylation is 1. The van der Waals surface area contributed by atoms with Crippen molar-refractivity contribution in [2.45, 2.75) is 46.8 Å². The van der Waals surface area contributed by atoms with Crippen molar-refractivity contribution in [2.24, 2.45) is 5.92 Å². The second kappa shape index (κ2) is 8.46. The third-order valence-corrected chi connectivity index (χ3v) is 5.12. The lowest BCUT2D eigenvalue weighted by Gasteiger charge is -2.20. The molecule has 0 radical (unpaired) electrons. The molecule has 2 aromatic rings. The van der Waals surface area contributed by atoms with Crippen LogP contribution in [0.2, 0.25) is 0 Å². The Bertz CT molecular complexity index is 859. The van der Waals surface area contributed by atoms with Crippen LogP contribution in [0.3, 0.4) is 0 Å². The van der Waals surface area contributed by atoms with Crippen LogP contribution in [0.25, 0.3) is 0 Å². The van der Waals surface area contributed by atoms with Gasteiger partial charge in [0.2, 0.25) is 11.8 Å². The average molecular weight is 380 g/mol. The van der Waals surface area contributed by atoms with Crippen LogP contribution in [0.4, 0.5) is 5.69 Å². The van der Waals surface area contributed by atoms with E-state index < -0.39 is 0 Å². The lowest BCUT2D eigenvalue weighted by molar-refractivity contribution is -0.126. The Morgan fingerprint density at radius 3 is 2.57 bits per heavy atom. The van der Waals surface area contributed by atoms with Gasteiger partial charge in [-0.3, -0.25) is 9.59 Å². The predicted molar refractivity (Wildman–Crippen MR) is 110 cm³/mol. The molecule has 28 heavy (non-hydrogen) atoms. The zero-order chi connectivity index (χ0) is 20.3. The van der Waals surface area contributed by atoms with E-state index in [1.165, 1.54) is 0 Å². The summed E-state index contributed by atoms with van der Waals surface area (Å²) >= 11 is 0. The number of hydrogen-bond donors (Lipinski definition) is 1. The molecule has 2 amide bonds. The van der Waals surface area contributed by atoms with Gasteiger partial charge in [-0.05, 0) is 62.6 Å². The van der Waals surface area contributed by atoms with Crippen LogP contribution in [0.1, 0.15) is 37.0 Å². The van der Waals surface area contributed by atoms with Gasteiger partial charge in [-0.2, -0.15) is 0 Å². The molecule has 1 atom stereocenters. The highest BCUT2D eigenvalue weighted by Crippen LogP contribution is 2.29. The molecule has 1 aliphatic rings. The number of anilines is 1. The van der Waals surface area contributed by atoms with Crippen molar-refractivity contribution < 1.29 is 14.3 Å². The van der Waals surface area contributed by atoms with Crippen LogP contribution in [0.5, 0.6) is 5.75 Å². The molecule has 0 aliphatic carbocycles. The zero-order valence-corrected chi connectivity index (χ0v) is 17.0. The lowest BCUT2D eigenvalue weighted by Crippen LogP contribution is -2.32. The van der Waals surface area contributed by atoms with E-state index in [1.54, 1.807) is 4.90 Å². The minimum absolute atomic E-state index is 0.00374. The van der Waals surface area contributed by atoms with Crippen LogP contribution in [0.15, 0.2) is 42.5 Å². The van der Waals surface area contributed by atoms with Gasteiger partial charge in [0.1, 0.15) is 5.75 Å². The molecule has 2 aromatic carbocycles. The number of carbonyl (C=O) groups is 2. The molecular formula is C23H28N2O3. The number of nitrogens with zero attached hydrogens (tertiary/aromatic N) is 1. The van der Waals surface area contributed by atoms with E-state index in [9.17, 15) is 9.59 Å². The summed E-state index contributed by atoms with van der Waals surface area (Å²) in [5.74, 6) is 0.416. The Balaban J connectivity index is 1.58. The number of rotatable bonds is 6. The molecule has 5 heteroatoms. The van der Waals surface area contributed by atoms with Crippen molar-refractivity contribution in [3.63, 3.8) is 0 Å². The van der Waals surface area contributed by atoms with E-state index in [0.29, 0.717) is 13.1 Å². The van der Waals surface area contributed by atoms with Gasteiger partial charge >= 0.3 is 0 Å². The quantitative estimate of drug-likeness (QED) is 0.830. The molecule has 0 saturated carbocycles. The van der Waals surface area contributed by atoms with E-state index in [0.717, 1.165) is 28.1 Å². The van der Waals surface area contributed by atoms with Crippen LogP contribution >= 0.6 is 0 Å². The Morgan fingerprint density at radius 1 is 1.18 bits per heavy atom. The van der Waals surface area contributed by atoms with Gasteiger partial charge in [0, 0.05) is 25.2 Å². The molecule has 0 bridgehead atoms. The monoisotopic (exact) mass is 380 g/mol. The maximum Gasteiger partial charge on any atom is 0.227 e. The zero-order valence-electron chi connectivity index (χ0n) is 17.0. The van der Waals surface area contributed by atoms with E-state index >= 15 is 0 Å². The standard InChI is InChI=1S/C23H28N2O3/c1-15(2)28-20-10-8-18(9-11-20)13-24-23(27)19-12-22(26)25(14-19)21-7-5-6-16(3)17(21)4/h5-11,15,19H,12-14H2,1-4H3,(H,24,27)/t19-/m1/s1. The highest BCUT2D eigenvalue weighted by atomic mass is 16.5. The molecule has 1 fully saturated rings. The Labute approximate surface area is 166 Å². The summed E-state index contributed by atoms with van der Waals surface area (Å²) in [5, 5.41) is 2.96. The summed E-state index contributed by atoms with van der Waals surface area (Å²) in [7, 11) is 0. The second-order valence-corrected chi connectivity index (χ2v) is 7.65. The van der Waals surface area contributed by atoms with Crippen LogP contribution in [0, 0.1) is 19.8 Å². The number of hydrogen-bond acceptors (Lipinski definition) is 3. The number of benzene rings is 2. The molecule has 0 aromatic heterocycles. The summed E-state index contributed by atoms with van der Waals surface area (Å²) in [6, 6.07) is 13.6. The second-order valence-electron chi connectivity index (χ2n) is 7.65. The molecule has 1 aliphatic heterocycles. The topological polar surface area (TPSA) is 58.6 Å². The molecular weight excluding hydrogens is 352 g/mol. The summed E-state index contributed by atoms with van der Waals surface area (Å²) < 4.78 is 5.63. The number of nitrogens with one attached hydrogen (secondary N) is 1. The highest BCUT2D eigenvalue weighted by Gasteiger charge is 2.35. The number of carbonyl (C=O) groups excluding carboxylic acids is 2. The minimum atomic E-state index is -0.323. The first-order valence-electron chi connectivity index (χ1n) is 9.75. The van der Waals surface area contributed by atoms with E-state index in [-0.39, 0.29) is 30.3 Å². The molecule has 1 N–H and O–H groups in total. The van der Waals surface area contributed by atoms with Gasteiger partial charge in [-0.1, -0.05) is 24.3 Å². The fourth-order valence-electron chi connectivity index (χ4n) is 3.44. The SMILES string of the molecule is Cc1cccc(N2C[C@H](C(=O)NCc3ccc(OC(C)C)cc3)CC2=O)c1C. The first-order valence-corrected chi connectivity index (χ1v) is 9.75. The summed E-state index contributed by atoms with van der Waals surface area (Å²) in [5.41, 5.74) is 4.13. The Morgan fingerprint density at radius 2 is 1.89 bits per heavy atom. The van der Waals surface area contributed by atoms with Crippen LogP contribution in [-0.4, -0.2) is 24.5 Å². The molecule has 1 saturated heterocycles. The summed E-state index contributed by atoms with van der Waals surface area (Å²) in [6.07, 6.45) is 0.380. The third kappa shape index (κ3) is 4.53. The van der Waals surface area contributed by atoms with Crippen molar-refractivity contribution in [3.8, 4) is 5.75 Å². The first-order chi connectivity index (χ1) is 13.3. The molecule has 1 heterocycles. The summed E-state index contributed by atoms with van der Waals surface area (Å²) in [6.45, 7) is 8.88. The first kappa shape index (κ1) is 19.9. The van der Waals surface area contributed by atoms with E-state index in [4.69, 9.17) is 4.74 Å². The van der Waals surface area contributed by atoms with Gasteiger partial charge in [0.15, 0.2) is 0 Å². The smallest absolute Gasteiger partial charge is 0.227 e. The lowest BCUT2D eigenvalue weighted by atomic mass is 10.1. The molecule has 148 valence electrons. The van der Waals surface area contributed by atoms with Gasteiger partial charge in [0.25, 0.3) is 0 Å². The maximum atomic E-state index is 12.6. The van der Waals surface area contributed by atoms with E-state index in [2.05, 4.69) is 5.32 Å². The van der Waals surface area contributed by atoms with Gasteiger partial charge in [0.05, 0.1) is 12.0 Å². The fraction of sp³-hybridized carbons (Fsp3) is 0.391. The van der Waals surface area contributed by atoms with Crippen molar-refractivity contribution in [1.82, 2.24) is 5.32 Å². The van der Waals surface area contributed by atoms with Gasteiger partial charge in [-0.15, -0.1) is 0 Å². The van der Waals surface area contributed by atoms with Crippen molar-refractivity contribution in [3.05, 3.63) is 59.2 Å². The van der Waals surface area contributed by atoms with E-state index in [1.807, 2.05) is 70.2 Å². The highest BCUT2D eigenvalue weighted by molar-refractivity contribution is 6.00. The Hall–Kier alpha value is -2.82. The molecule has 0 spiro atoms. The summed E-state index contributed by atoms with van der Waals surface area (Å²) in [4.78, 5) is 26.8. The van der Waals surface area contributed by atoms with Gasteiger partial charge in [-0.25, -0.2) is 0 Å². The largest absolute Gasteiger partial charge is 0.491 e. The van der Waals surface area contributed by atoms with Crippen molar-refractivity contribution >= 4 is 17.5 Å². The third-order valence-electron chi connectivity index (χ3n) is 5.12. The maximum absolute atomic E-state index is 12.6. The average Bonchev–Trinajstić information content (AvgIpc) is 3.04. The number of amides is 2. The number of ether oxygens (including phenoxy) is 1.